The number of esters is 1. The Morgan fingerprint density at radius 3 is 2.43 bits per heavy atom. The Bertz CT molecular complexity index is 2540. The summed E-state index contributed by atoms with van der Waals surface area (Å²) in [6.07, 6.45) is 2.82. The number of amides is 4. The van der Waals surface area contributed by atoms with E-state index in [9.17, 15) is 33.6 Å². The Morgan fingerprint density at radius 1 is 1.01 bits per heavy atom. The third-order valence-corrected chi connectivity index (χ3v) is 14.0. The molecule has 1 unspecified atom stereocenters. The van der Waals surface area contributed by atoms with Crippen molar-refractivity contribution in [2.75, 3.05) is 54.5 Å². The van der Waals surface area contributed by atoms with Crippen LogP contribution >= 0.6 is 0 Å². The summed E-state index contributed by atoms with van der Waals surface area (Å²) in [6.45, 7) is 14.8. The summed E-state index contributed by atoms with van der Waals surface area (Å²) in [4.78, 5) is 79.1. The number of ether oxygens (including phenoxy) is 2. The van der Waals surface area contributed by atoms with Gasteiger partial charge in [0.2, 0.25) is 17.7 Å². The topological polar surface area (TPSA) is 179 Å². The number of methoxy groups -OCH3 is 1. The molecule has 4 heterocycles. The second-order valence-electron chi connectivity index (χ2n) is 20.4. The highest BCUT2D eigenvalue weighted by molar-refractivity contribution is 5.96. The summed E-state index contributed by atoms with van der Waals surface area (Å²) < 4.78 is 28.7. The number of hydrogen-bond donors (Lipinski definition) is 3. The Morgan fingerprint density at radius 2 is 1.76 bits per heavy atom. The molecule has 17 heteroatoms. The molecule has 4 bridgehead atoms. The maximum Gasteiger partial charge on any atom is 0.305 e. The van der Waals surface area contributed by atoms with Gasteiger partial charge in [-0.15, -0.1) is 4.48 Å². The van der Waals surface area contributed by atoms with Crippen molar-refractivity contribution < 1.29 is 43.0 Å². The molecule has 0 spiro atoms. The lowest BCUT2D eigenvalue weighted by Crippen LogP contribution is -2.58. The van der Waals surface area contributed by atoms with E-state index >= 15 is 0 Å². The Hall–Kier alpha value is -5.91. The van der Waals surface area contributed by atoms with Gasteiger partial charge < -0.3 is 34.3 Å². The predicted octanol–water partition coefficient (Wildman–Crippen LogP) is 6.63. The molecule has 16 nitrogen and oxygen atoms in total. The van der Waals surface area contributed by atoms with Gasteiger partial charge in [-0.3, -0.25) is 33.9 Å². The average Bonchev–Trinajstić information content (AvgIpc) is 3.94. The van der Waals surface area contributed by atoms with Crippen LogP contribution in [0.3, 0.4) is 0 Å². The minimum absolute atomic E-state index is 0.0341. The maximum absolute atomic E-state index is 14.7. The van der Waals surface area contributed by atoms with Crippen molar-refractivity contribution in [3.63, 3.8) is 0 Å². The summed E-state index contributed by atoms with van der Waals surface area (Å²) in [5, 5.41) is 15.9. The molecule has 2 aromatic heterocycles. The number of aryl methyl sites for hydroxylation is 1. The van der Waals surface area contributed by atoms with Crippen molar-refractivity contribution in [1.82, 2.24) is 40.2 Å². The van der Waals surface area contributed by atoms with Crippen LogP contribution in [0.2, 0.25) is 0 Å². The van der Waals surface area contributed by atoms with E-state index in [0.717, 1.165) is 44.0 Å². The van der Waals surface area contributed by atoms with Gasteiger partial charge in [0, 0.05) is 81.3 Å². The van der Waals surface area contributed by atoms with Crippen LogP contribution in [-0.4, -0.2) is 137 Å². The van der Waals surface area contributed by atoms with Gasteiger partial charge in [-0.1, -0.05) is 45.5 Å². The van der Waals surface area contributed by atoms with E-state index in [2.05, 4.69) is 42.8 Å². The highest BCUT2D eigenvalue weighted by Crippen LogP contribution is 2.42. The van der Waals surface area contributed by atoms with Gasteiger partial charge in [-0.25, -0.2) is 5.01 Å². The van der Waals surface area contributed by atoms with Gasteiger partial charge >= 0.3 is 5.97 Å². The van der Waals surface area contributed by atoms with Gasteiger partial charge in [0.05, 0.1) is 36.1 Å². The lowest BCUT2D eigenvalue weighted by molar-refractivity contribution is -0.147. The van der Waals surface area contributed by atoms with Crippen LogP contribution in [-0.2, 0) is 52.8 Å². The molecule has 70 heavy (non-hydrogen) atoms. The molecule has 3 N–H and O–H groups in total. The van der Waals surface area contributed by atoms with E-state index in [0.29, 0.717) is 37.1 Å². The number of nitrogens with one attached hydrogen (secondary N) is 2. The van der Waals surface area contributed by atoms with E-state index in [-0.39, 0.29) is 75.1 Å². The van der Waals surface area contributed by atoms with Crippen molar-refractivity contribution in [3.8, 4) is 28.1 Å². The van der Waals surface area contributed by atoms with Gasteiger partial charge in [-0.05, 0) is 125 Å². The molecular formula is C53H73FN8O8. The number of hydrogen-bond acceptors (Lipinski definition) is 11. The first-order valence-corrected chi connectivity index (χ1v) is 24.5. The highest BCUT2D eigenvalue weighted by atomic mass is 19.2. The monoisotopic (exact) mass is 969 g/mol. The van der Waals surface area contributed by atoms with E-state index < -0.39 is 47.1 Å². The molecule has 2 aliphatic rings. The second-order valence-corrected chi connectivity index (χ2v) is 20.4. The molecule has 4 amide bonds. The lowest BCUT2D eigenvalue weighted by Gasteiger charge is -2.34. The number of cyclic esters (lactones) is 1. The molecule has 0 saturated carbocycles. The smallest absolute Gasteiger partial charge is 0.305 e. The number of aromatic hydroxyl groups is 1. The van der Waals surface area contributed by atoms with Crippen molar-refractivity contribution >= 4 is 40.5 Å². The van der Waals surface area contributed by atoms with Crippen molar-refractivity contribution in [3.05, 3.63) is 71.5 Å². The molecule has 0 radical (unpaired) electrons. The highest BCUT2D eigenvalue weighted by Gasteiger charge is 2.40. The molecule has 2 aliphatic heterocycles. The van der Waals surface area contributed by atoms with Gasteiger partial charge in [0.25, 0.3) is 5.91 Å². The van der Waals surface area contributed by atoms with Crippen LogP contribution in [0.1, 0.15) is 97.1 Å². The summed E-state index contributed by atoms with van der Waals surface area (Å²) in [5.74, 6) is -3.24. The number of phenolic OH excluding ortho intramolecular Hbond substituents is 1. The first-order valence-electron chi connectivity index (χ1n) is 24.5. The average molecular weight is 969 g/mol. The van der Waals surface area contributed by atoms with E-state index in [4.69, 9.17) is 14.5 Å². The molecule has 6 rings (SSSR count). The van der Waals surface area contributed by atoms with Crippen LogP contribution in [0.5, 0.6) is 5.75 Å². The normalized spacial score (nSPS) is 19.6. The molecule has 4 aromatic rings. The predicted molar refractivity (Wildman–Crippen MR) is 266 cm³/mol. The Kier molecular flexibility index (Phi) is 17.5. The zero-order valence-corrected chi connectivity index (χ0v) is 42.8. The number of nitrogens with zero attached hydrogens (tertiary/aromatic N) is 6. The molecule has 5 atom stereocenters. The number of likely N-dealkylation sites (tertiary alicyclic amines) is 1. The lowest BCUT2D eigenvalue weighted by atomic mass is 9.84. The quantitative estimate of drug-likeness (QED) is 0.103. The third kappa shape index (κ3) is 12.0. The van der Waals surface area contributed by atoms with Crippen LogP contribution < -0.4 is 11.0 Å². The third-order valence-electron chi connectivity index (χ3n) is 14.0. The number of benzene rings is 2. The van der Waals surface area contributed by atoms with Crippen molar-refractivity contribution in [2.24, 2.45) is 17.3 Å². The zero-order chi connectivity index (χ0) is 51.2. The van der Waals surface area contributed by atoms with Crippen LogP contribution in [0.25, 0.3) is 33.3 Å². The minimum Gasteiger partial charge on any atom is -0.508 e. The Labute approximate surface area is 411 Å². The fraction of sp³-hybridized carbons (Fsp3) is 0.547. The first kappa shape index (κ1) is 53.4. The van der Waals surface area contributed by atoms with Gasteiger partial charge in [0.15, 0.2) is 0 Å². The maximum atomic E-state index is 14.7. The first-order chi connectivity index (χ1) is 33.2. The van der Waals surface area contributed by atoms with Gasteiger partial charge in [-0.2, -0.15) is 0 Å². The number of carbonyl (C=O) groups excluding carboxylic acids is 5. The van der Waals surface area contributed by atoms with E-state index in [1.165, 1.54) is 16.6 Å². The number of fused-ring (bicyclic) bond motifs is 4. The SMILES string of the molecule is CCn1c(-c2cccnc2[C@H](C)OC)c2c3cc(ccc31)-c1cc(O)cc(c1)C[C@H](NC(=O)C(C(C)C)N(C)C(=O)[C@H]1CCN(C(=O)[C@H](C)N(C)C)C1)C(=O)N(NF)CCCCC(=O)OCC(C)(C)C2. The summed E-state index contributed by atoms with van der Waals surface area (Å²) in [7, 11) is 6.85. The molecule has 1 saturated heterocycles. The number of halogens is 1. The number of rotatable bonds is 12. The number of pyridine rings is 1. The summed E-state index contributed by atoms with van der Waals surface area (Å²) in [6, 6.07) is 12.3. The summed E-state index contributed by atoms with van der Waals surface area (Å²) in [5.41, 5.74) is 7.54. The van der Waals surface area contributed by atoms with Crippen molar-refractivity contribution in [2.45, 2.75) is 118 Å². The van der Waals surface area contributed by atoms with Gasteiger partial charge in [0.1, 0.15) is 17.8 Å². The van der Waals surface area contributed by atoms with Crippen LogP contribution in [0, 0.1) is 17.3 Å². The van der Waals surface area contributed by atoms with E-state index in [1.807, 2.05) is 57.1 Å². The molecule has 2 aromatic carbocycles. The number of carbonyl (C=O) groups is 5. The minimum atomic E-state index is -1.36. The largest absolute Gasteiger partial charge is 0.508 e. The fourth-order valence-electron chi connectivity index (χ4n) is 9.92. The van der Waals surface area contributed by atoms with Crippen LogP contribution in [0.15, 0.2) is 54.7 Å². The standard InChI is InChI=1S/C53H73FN8O8/c1-12-61-44-19-18-36-28-41(44)42(48(61)40-16-15-21-55-46(40)34(5)69-11)29-53(6,7)31-70-45(64)17-13-14-22-62(57-54)52(68)43(26-35-24-38(36)27-39(63)25-35)56-49(65)47(32(2)3)59(10)51(67)37-20-23-60(30-37)50(66)33(4)58(8)9/h15-16,18-19,21,24-25,27-28,32-34,37,43,47,57,63H,12-14,17,20,22-23,26,29-31H2,1-11H3,(H,56,65)/t33-,34-,37-,43-,47?/m0/s1. The molecule has 1 fully saturated rings. The molecule has 380 valence electrons. The van der Waals surface area contributed by atoms with Crippen molar-refractivity contribution in [1.29, 1.82) is 0 Å². The molecule has 0 aliphatic carbocycles. The fourth-order valence-corrected chi connectivity index (χ4v) is 9.92. The number of phenols is 1. The zero-order valence-electron chi connectivity index (χ0n) is 42.8. The van der Waals surface area contributed by atoms with Crippen LogP contribution in [0.4, 0.5) is 4.48 Å². The second kappa shape index (κ2) is 22.9. The number of hydrazine groups is 1. The summed E-state index contributed by atoms with van der Waals surface area (Å²) >= 11 is 0. The van der Waals surface area contributed by atoms with E-state index in [1.54, 1.807) is 45.2 Å². The Balaban J connectivity index is 1.41. The number of likely N-dealkylation sites (N-methyl/N-ethyl adjacent to an activating group) is 2. The number of aromatic nitrogens is 2. The molecular weight excluding hydrogens is 896 g/mol.